The Balaban J connectivity index is 1.30. The molecule has 148 valence electrons. The van der Waals surface area contributed by atoms with Crippen LogP contribution in [-0.2, 0) is 6.54 Å². The van der Waals surface area contributed by atoms with Gasteiger partial charge in [-0.05, 0) is 42.0 Å². The van der Waals surface area contributed by atoms with Crippen molar-refractivity contribution in [1.82, 2.24) is 15.3 Å². The third-order valence-electron chi connectivity index (χ3n) is 4.62. The summed E-state index contributed by atoms with van der Waals surface area (Å²) in [5.74, 6) is 0.293. The molecule has 0 saturated carbocycles. The smallest absolute Gasteiger partial charge is 0.263 e. The van der Waals surface area contributed by atoms with E-state index in [1.165, 1.54) is 11.3 Å². The van der Waals surface area contributed by atoms with Gasteiger partial charge in [0, 0.05) is 33.4 Å². The maximum atomic E-state index is 12.6. The van der Waals surface area contributed by atoms with Crippen LogP contribution in [0.5, 0.6) is 0 Å². The fourth-order valence-electron chi connectivity index (χ4n) is 3.11. The zero-order valence-corrected chi connectivity index (χ0v) is 17.7. The molecule has 5 aromatic rings. The predicted molar refractivity (Wildman–Crippen MR) is 120 cm³/mol. The van der Waals surface area contributed by atoms with Crippen molar-refractivity contribution in [2.24, 2.45) is 0 Å². The summed E-state index contributed by atoms with van der Waals surface area (Å²) in [4.78, 5) is 21.7. The van der Waals surface area contributed by atoms with Crippen LogP contribution in [0.4, 0.5) is 0 Å². The summed E-state index contributed by atoms with van der Waals surface area (Å²) < 4.78 is 6.62. The molecule has 2 aromatic carbocycles. The van der Waals surface area contributed by atoms with E-state index < -0.39 is 0 Å². The summed E-state index contributed by atoms with van der Waals surface area (Å²) in [7, 11) is 0. The second-order valence-corrected chi connectivity index (χ2v) is 8.48. The van der Waals surface area contributed by atoms with Crippen LogP contribution in [0.25, 0.3) is 32.8 Å². The molecule has 3 heterocycles. The Hall–Kier alpha value is -2.93. The highest BCUT2D eigenvalue weighted by Crippen LogP contribution is 2.36. The lowest BCUT2D eigenvalue weighted by atomic mass is 10.1. The predicted octanol–water partition coefficient (Wildman–Crippen LogP) is 6.34. The average Bonchev–Trinajstić information content (AvgIpc) is 3.33. The summed E-state index contributed by atoms with van der Waals surface area (Å²) >= 11 is 13.7. The second kappa shape index (κ2) is 7.72. The molecule has 5 nitrogen and oxygen atoms in total. The molecule has 0 fully saturated rings. The number of aromatic nitrogens is 2. The average molecular weight is 454 g/mol. The number of carbonyl (C=O) groups excluding carboxylic acids is 1. The summed E-state index contributed by atoms with van der Waals surface area (Å²) in [6.07, 6.45) is 1.68. The topological polar surface area (TPSA) is 68.0 Å². The fourth-order valence-corrected chi connectivity index (χ4v) is 4.81. The first-order valence-corrected chi connectivity index (χ1v) is 10.6. The van der Waals surface area contributed by atoms with Gasteiger partial charge in [-0.15, -0.1) is 11.3 Å². The van der Waals surface area contributed by atoms with Crippen molar-refractivity contribution in [1.29, 1.82) is 0 Å². The number of fused-ring (bicyclic) bond motifs is 2. The van der Waals surface area contributed by atoms with Gasteiger partial charge in [-0.3, -0.25) is 4.79 Å². The van der Waals surface area contributed by atoms with Crippen LogP contribution in [0.2, 0.25) is 10.0 Å². The van der Waals surface area contributed by atoms with Gasteiger partial charge in [-0.1, -0.05) is 41.4 Å². The van der Waals surface area contributed by atoms with Crippen molar-refractivity contribution in [3.8, 4) is 11.5 Å². The largest absolute Gasteiger partial charge is 0.434 e. The Morgan fingerprint density at radius 2 is 1.93 bits per heavy atom. The highest BCUT2D eigenvalue weighted by atomic mass is 35.5. The number of nitrogens with one attached hydrogen (secondary N) is 1. The molecule has 8 heteroatoms. The lowest BCUT2D eigenvalue weighted by Crippen LogP contribution is -2.22. The maximum Gasteiger partial charge on any atom is 0.263 e. The number of hydrogen-bond acceptors (Lipinski definition) is 5. The summed E-state index contributed by atoms with van der Waals surface area (Å²) in [5.41, 5.74) is 3.00. The van der Waals surface area contributed by atoms with E-state index >= 15 is 0 Å². The van der Waals surface area contributed by atoms with Crippen LogP contribution in [-0.4, -0.2) is 15.9 Å². The van der Waals surface area contributed by atoms with E-state index in [4.69, 9.17) is 27.6 Å². The molecule has 30 heavy (non-hydrogen) atoms. The normalized spacial score (nSPS) is 11.3. The fraction of sp³-hybridized carbons (Fsp3) is 0.0455. The monoisotopic (exact) mass is 453 g/mol. The number of pyridine rings is 1. The number of amides is 1. The van der Waals surface area contributed by atoms with Gasteiger partial charge in [0.2, 0.25) is 5.89 Å². The van der Waals surface area contributed by atoms with Gasteiger partial charge < -0.3 is 9.73 Å². The molecule has 0 spiro atoms. The van der Waals surface area contributed by atoms with E-state index in [0.29, 0.717) is 38.6 Å². The van der Waals surface area contributed by atoms with Crippen LogP contribution < -0.4 is 5.32 Å². The van der Waals surface area contributed by atoms with E-state index in [-0.39, 0.29) is 5.91 Å². The maximum absolute atomic E-state index is 12.6. The number of benzene rings is 2. The Labute approximate surface area is 185 Å². The molecule has 0 bridgehead atoms. The van der Waals surface area contributed by atoms with Gasteiger partial charge in [0.25, 0.3) is 5.91 Å². The number of hydrogen-bond donors (Lipinski definition) is 1. The van der Waals surface area contributed by atoms with E-state index in [1.807, 2.05) is 42.5 Å². The molecular weight excluding hydrogens is 441 g/mol. The van der Waals surface area contributed by atoms with E-state index in [0.717, 1.165) is 21.2 Å². The number of oxazole rings is 1. The van der Waals surface area contributed by atoms with Crippen molar-refractivity contribution in [3.05, 3.63) is 81.3 Å². The van der Waals surface area contributed by atoms with Gasteiger partial charge in [0.15, 0.2) is 11.2 Å². The minimum Gasteiger partial charge on any atom is -0.434 e. The molecule has 1 N–H and O–H groups in total. The van der Waals surface area contributed by atoms with Crippen molar-refractivity contribution in [2.75, 3.05) is 0 Å². The van der Waals surface area contributed by atoms with Crippen LogP contribution >= 0.6 is 34.5 Å². The van der Waals surface area contributed by atoms with Crippen LogP contribution in [0.15, 0.2) is 65.2 Å². The number of nitrogens with zero attached hydrogens (tertiary/aromatic N) is 2. The summed E-state index contributed by atoms with van der Waals surface area (Å²) in [6, 6.07) is 16.7. The molecule has 0 radical (unpaired) electrons. The molecule has 0 atom stereocenters. The molecular formula is C22H13Cl2N3O2S. The molecule has 0 unspecified atom stereocenters. The SMILES string of the molecule is O=C(NCc1ccc(-c2nc3ncccc3o2)cc1)c1sc2cc(Cl)ccc2c1Cl. The number of carbonyl (C=O) groups is 1. The van der Waals surface area contributed by atoms with Gasteiger partial charge in [-0.25, -0.2) is 4.98 Å². The lowest BCUT2D eigenvalue weighted by molar-refractivity contribution is 0.0955. The first kappa shape index (κ1) is 19.1. The molecule has 5 rings (SSSR count). The Morgan fingerprint density at radius 1 is 1.10 bits per heavy atom. The van der Waals surface area contributed by atoms with Gasteiger partial charge in [0.1, 0.15) is 4.88 Å². The first-order valence-electron chi connectivity index (χ1n) is 9.05. The molecule has 0 aliphatic rings. The van der Waals surface area contributed by atoms with Crippen molar-refractivity contribution in [3.63, 3.8) is 0 Å². The van der Waals surface area contributed by atoms with Gasteiger partial charge in [-0.2, -0.15) is 4.98 Å². The summed E-state index contributed by atoms with van der Waals surface area (Å²) in [6.45, 7) is 0.375. The van der Waals surface area contributed by atoms with Crippen molar-refractivity contribution < 1.29 is 9.21 Å². The van der Waals surface area contributed by atoms with Crippen molar-refractivity contribution >= 4 is 61.8 Å². The first-order chi connectivity index (χ1) is 14.6. The zero-order chi connectivity index (χ0) is 20.7. The lowest BCUT2D eigenvalue weighted by Gasteiger charge is -2.05. The zero-order valence-electron chi connectivity index (χ0n) is 15.4. The molecule has 0 saturated heterocycles. The minimum absolute atomic E-state index is 0.216. The standard InChI is InChI=1S/C22H13Cl2N3O2S/c23-14-7-8-15-17(10-14)30-19(18(15)24)21(28)26-11-12-3-5-13(6-4-12)22-27-20-16(29-22)2-1-9-25-20/h1-10H,11H2,(H,26,28). The van der Waals surface area contributed by atoms with E-state index in [1.54, 1.807) is 18.3 Å². The van der Waals surface area contributed by atoms with Crippen molar-refractivity contribution in [2.45, 2.75) is 6.54 Å². The second-order valence-electron chi connectivity index (χ2n) is 6.61. The van der Waals surface area contributed by atoms with E-state index in [2.05, 4.69) is 15.3 Å². The molecule has 1 amide bonds. The van der Waals surface area contributed by atoms with Crippen LogP contribution in [0.3, 0.4) is 0 Å². The third kappa shape index (κ3) is 3.54. The number of rotatable bonds is 4. The molecule has 0 aliphatic heterocycles. The van der Waals surface area contributed by atoms with E-state index in [9.17, 15) is 4.79 Å². The third-order valence-corrected chi connectivity index (χ3v) is 6.51. The highest BCUT2D eigenvalue weighted by Gasteiger charge is 2.17. The Morgan fingerprint density at radius 3 is 2.73 bits per heavy atom. The molecule has 0 aliphatic carbocycles. The number of halogens is 2. The highest BCUT2D eigenvalue weighted by molar-refractivity contribution is 7.21. The number of thiophene rings is 1. The molecule has 3 aromatic heterocycles. The van der Waals surface area contributed by atoms with Gasteiger partial charge >= 0.3 is 0 Å². The van der Waals surface area contributed by atoms with Gasteiger partial charge in [0.05, 0.1) is 5.02 Å². The quantitative estimate of drug-likeness (QED) is 0.344. The summed E-state index contributed by atoms with van der Waals surface area (Å²) in [5, 5.41) is 4.81. The Kier molecular flexibility index (Phi) is 4.90. The van der Waals surface area contributed by atoms with Crippen LogP contribution in [0.1, 0.15) is 15.2 Å². The Bertz CT molecular complexity index is 1360. The minimum atomic E-state index is -0.216. The van der Waals surface area contributed by atoms with Crippen LogP contribution in [0, 0.1) is 0 Å².